The molecular formula is C20H17ClF2N5O2-. The number of carboxylic acid groups (broad SMARTS) is 1. The summed E-state index contributed by atoms with van der Waals surface area (Å²) in [4.78, 5) is 20.0. The van der Waals surface area contributed by atoms with Gasteiger partial charge < -0.3 is 15.2 Å². The van der Waals surface area contributed by atoms with E-state index >= 15 is 0 Å². The van der Waals surface area contributed by atoms with E-state index in [2.05, 4.69) is 25.5 Å². The largest absolute Gasteiger partial charge is 0.550 e. The van der Waals surface area contributed by atoms with Crippen molar-refractivity contribution in [3.8, 4) is 11.4 Å². The molecule has 1 unspecified atom stereocenters. The van der Waals surface area contributed by atoms with Gasteiger partial charge in [0, 0.05) is 35.6 Å². The summed E-state index contributed by atoms with van der Waals surface area (Å²) in [6.45, 7) is 0. The van der Waals surface area contributed by atoms with Gasteiger partial charge in [-0.15, -0.1) is 0 Å². The number of anilines is 1. The lowest BCUT2D eigenvalue weighted by molar-refractivity contribution is -0.316. The van der Waals surface area contributed by atoms with Crippen LogP contribution in [0.1, 0.15) is 25.7 Å². The molecule has 6 rings (SSSR count). The standard InChI is InChI=1S/C20H18ClF2N5O2/c21-10-5-11-16(27-28-18(11)24-7-10)17-12(22)6-13(23)19(26-17)25-15-9-3-1-8(2-4-9)14(15)20(29)30/h5-9,14-15H,1-4H2,(H,25,26)(H,29,30)(H,24,27,28)/p-1/t8?,9?,14-,15?/m0/s1. The average molecular weight is 433 g/mol. The molecule has 3 aromatic rings. The smallest absolute Gasteiger partial charge is 0.181 e. The Hall–Kier alpha value is -2.81. The molecular weight excluding hydrogens is 416 g/mol. The Morgan fingerprint density at radius 1 is 1.17 bits per heavy atom. The maximum Gasteiger partial charge on any atom is 0.181 e. The summed E-state index contributed by atoms with van der Waals surface area (Å²) in [6.07, 6.45) is 4.77. The Kier molecular flexibility index (Phi) is 4.57. The highest BCUT2D eigenvalue weighted by Crippen LogP contribution is 2.46. The van der Waals surface area contributed by atoms with E-state index in [4.69, 9.17) is 11.6 Å². The van der Waals surface area contributed by atoms with Crippen LogP contribution in [0.5, 0.6) is 0 Å². The number of rotatable bonds is 4. The van der Waals surface area contributed by atoms with Crippen molar-refractivity contribution >= 4 is 34.4 Å². The van der Waals surface area contributed by atoms with E-state index in [1.807, 2.05) is 0 Å². The zero-order valence-corrected chi connectivity index (χ0v) is 16.4. The minimum atomic E-state index is -1.15. The van der Waals surface area contributed by atoms with Gasteiger partial charge >= 0.3 is 0 Å². The normalized spacial score (nSPS) is 25.6. The van der Waals surface area contributed by atoms with E-state index in [9.17, 15) is 18.7 Å². The fraction of sp³-hybridized carbons (Fsp3) is 0.400. The Labute approximate surface area is 174 Å². The van der Waals surface area contributed by atoms with Crippen LogP contribution in [0, 0.1) is 29.4 Å². The summed E-state index contributed by atoms with van der Waals surface area (Å²) in [5, 5.41) is 22.2. The fourth-order valence-corrected chi connectivity index (χ4v) is 5.11. The van der Waals surface area contributed by atoms with Crippen molar-refractivity contribution in [1.82, 2.24) is 20.2 Å². The van der Waals surface area contributed by atoms with Gasteiger partial charge in [-0.2, -0.15) is 5.10 Å². The lowest BCUT2D eigenvalue weighted by Gasteiger charge is -2.49. The highest BCUT2D eigenvalue weighted by molar-refractivity contribution is 6.31. The third kappa shape index (κ3) is 3.08. The van der Waals surface area contributed by atoms with Crippen LogP contribution in [-0.4, -0.2) is 32.2 Å². The molecule has 0 aromatic carbocycles. The number of hydrogen-bond donors (Lipinski definition) is 2. The van der Waals surface area contributed by atoms with Crippen LogP contribution in [0.4, 0.5) is 14.6 Å². The molecule has 0 amide bonds. The van der Waals surface area contributed by atoms with Gasteiger partial charge in [0.15, 0.2) is 23.1 Å². The Balaban J connectivity index is 1.55. The molecule has 0 saturated heterocycles. The summed E-state index contributed by atoms with van der Waals surface area (Å²) < 4.78 is 29.2. The number of nitrogens with one attached hydrogen (secondary N) is 2. The quantitative estimate of drug-likeness (QED) is 0.656. The van der Waals surface area contributed by atoms with Gasteiger partial charge in [0.2, 0.25) is 0 Å². The summed E-state index contributed by atoms with van der Waals surface area (Å²) in [5.41, 5.74) is 0.370. The SMILES string of the molecule is O=C([O-])[C@H]1C2CCC(CC2)C1Nc1nc(-c2[nH]nc3ncc(Cl)cc23)c(F)cc1F. The first-order chi connectivity index (χ1) is 14.4. The molecule has 2 N–H and O–H groups in total. The molecule has 156 valence electrons. The molecule has 3 aliphatic carbocycles. The van der Waals surface area contributed by atoms with Crippen LogP contribution in [0.2, 0.25) is 5.02 Å². The summed E-state index contributed by atoms with van der Waals surface area (Å²) >= 11 is 5.99. The molecule has 3 fully saturated rings. The maximum absolute atomic E-state index is 14.6. The number of pyridine rings is 2. The minimum Gasteiger partial charge on any atom is -0.550 e. The first-order valence-corrected chi connectivity index (χ1v) is 10.1. The molecule has 0 spiro atoms. The summed E-state index contributed by atoms with van der Waals surface area (Å²) in [6, 6.07) is 1.77. The van der Waals surface area contributed by atoms with Crippen molar-refractivity contribution in [3.05, 3.63) is 35.0 Å². The molecule has 2 atom stereocenters. The predicted octanol–water partition coefficient (Wildman–Crippen LogP) is 2.92. The second-order valence-electron chi connectivity index (χ2n) is 7.96. The summed E-state index contributed by atoms with van der Waals surface area (Å²) in [5.74, 6) is -3.80. The highest BCUT2D eigenvalue weighted by Gasteiger charge is 2.44. The van der Waals surface area contributed by atoms with Gasteiger partial charge in [-0.3, -0.25) is 5.10 Å². The Morgan fingerprint density at radius 3 is 2.63 bits per heavy atom. The lowest BCUT2D eigenvalue weighted by atomic mass is 9.61. The zero-order valence-electron chi connectivity index (χ0n) is 15.7. The van der Waals surface area contributed by atoms with Crippen molar-refractivity contribution in [2.24, 2.45) is 17.8 Å². The van der Waals surface area contributed by atoms with Crippen molar-refractivity contribution in [1.29, 1.82) is 0 Å². The molecule has 7 nitrogen and oxygen atoms in total. The number of aliphatic carboxylic acids is 1. The van der Waals surface area contributed by atoms with Gasteiger partial charge in [0.05, 0.1) is 10.7 Å². The number of aromatic amines is 1. The van der Waals surface area contributed by atoms with Gasteiger partial charge in [0.1, 0.15) is 5.69 Å². The molecule has 2 bridgehead atoms. The topological polar surface area (TPSA) is 107 Å². The molecule has 3 saturated carbocycles. The van der Waals surface area contributed by atoms with Crippen molar-refractivity contribution < 1.29 is 18.7 Å². The van der Waals surface area contributed by atoms with Crippen LogP contribution in [0.3, 0.4) is 0 Å². The van der Waals surface area contributed by atoms with E-state index in [1.54, 1.807) is 6.07 Å². The van der Waals surface area contributed by atoms with E-state index < -0.39 is 29.6 Å². The number of carboxylic acids is 1. The van der Waals surface area contributed by atoms with Crippen molar-refractivity contribution in [2.45, 2.75) is 31.7 Å². The van der Waals surface area contributed by atoms with Crippen molar-refractivity contribution in [3.63, 3.8) is 0 Å². The van der Waals surface area contributed by atoms with E-state index in [0.29, 0.717) is 16.1 Å². The monoisotopic (exact) mass is 432 g/mol. The van der Waals surface area contributed by atoms with Crippen LogP contribution in [-0.2, 0) is 4.79 Å². The number of aromatic nitrogens is 4. The van der Waals surface area contributed by atoms with Crippen LogP contribution in [0.15, 0.2) is 18.3 Å². The average Bonchev–Trinajstić information content (AvgIpc) is 3.13. The zero-order chi connectivity index (χ0) is 21.0. The minimum absolute atomic E-state index is 0.00903. The Morgan fingerprint density at radius 2 is 1.90 bits per heavy atom. The second-order valence-corrected chi connectivity index (χ2v) is 8.40. The van der Waals surface area contributed by atoms with Gasteiger partial charge in [-0.25, -0.2) is 18.7 Å². The number of nitrogens with zero attached hydrogens (tertiary/aromatic N) is 3. The number of carbonyl (C=O) groups excluding carboxylic acids is 1. The van der Waals surface area contributed by atoms with Crippen LogP contribution >= 0.6 is 11.6 Å². The lowest BCUT2D eigenvalue weighted by Crippen LogP contribution is -2.55. The number of halogens is 3. The summed E-state index contributed by atoms with van der Waals surface area (Å²) in [7, 11) is 0. The van der Waals surface area contributed by atoms with Gasteiger partial charge in [-0.1, -0.05) is 11.6 Å². The molecule has 0 aliphatic heterocycles. The third-order valence-corrected chi connectivity index (χ3v) is 6.54. The van der Waals surface area contributed by atoms with E-state index in [0.717, 1.165) is 31.7 Å². The first-order valence-electron chi connectivity index (χ1n) is 9.76. The molecule has 3 aromatic heterocycles. The Bertz CT molecular complexity index is 1150. The number of H-pyrrole nitrogens is 1. The number of hydrogen-bond acceptors (Lipinski definition) is 6. The van der Waals surface area contributed by atoms with Crippen LogP contribution in [0.25, 0.3) is 22.4 Å². The molecule has 3 aliphatic rings. The van der Waals surface area contributed by atoms with Crippen molar-refractivity contribution in [2.75, 3.05) is 5.32 Å². The fourth-order valence-electron chi connectivity index (χ4n) is 4.95. The second kappa shape index (κ2) is 7.16. The van der Waals surface area contributed by atoms with E-state index in [-0.39, 0.29) is 29.0 Å². The molecule has 30 heavy (non-hydrogen) atoms. The molecule has 0 radical (unpaired) electrons. The number of carbonyl (C=O) groups is 1. The third-order valence-electron chi connectivity index (χ3n) is 6.34. The van der Waals surface area contributed by atoms with E-state index in [1.165, 1.54) is 6.20 Å². The number of fused-ring (bicyclic) bond motifs is 4. The predicted molar refractivity (Wildman–Crippen MR) is 103 cm³/mol. The van der Waals surface area contributed by atoms with Crippen LogP contribution < -0.4 is 10.4 Å². The highest BCUT2D eigenvalue weighted by atomic mass is 35.5. The molecule has 10 heteroatoms. The maximum atomic E-state index is 14.6. The first kappa shape index (κ1) is 19.2. The van der Waals surface area contributed by atoms with Gasteiger partial charge in [-0.05, 0) is 43.6 Å². The molecule has 3 heterocycles. The van der Waals surface area contributed by atoms with Gasteiger partial charge in [0.25, 0.3) is 0 Å².